The molecule has 0 unspecified atom stereocenters. The van der Waals surface area contributed by atoms with Gasteiger partial charge in [0, 0.05) is 5.41 Å². The molecule has 0 bridgehead atoms. The van der Waals surface area contributed by atoms with Crippen LogP contribution in [0.25, 0.3) is 22.3 Å². The van der Waals surface area contributed by atoms with E-state index in [0.717, 1.165) is 11.1 Å². The lowest BCUT2D eigenvalue weighted by Crippen LogP contribution is -2.14. The number of rotatable bonds is 1. The molecule has 1 aliphatic carbocycles. The summed E-state index contributed by atoms with van der Waals surface area (Å²) >= 11 is 0. The van der Waals surface area contributed by atoms with Gasteiger partial charge in [-0.1, -0.05) is 62.4 Å². The van der Waals surface area contributed by atoms with Gasteiger partial charge in [-0.3, -0.25) is 0 Å². The highest BCUT2D eigenvalue weighted by atomic mass is 19.1. The zero-order valence-corrected chi connectivity index (χ0v) is 13.7. The van der Waals surface area contributed by atoms with E-state index in [0.29, 0.717) is 5.56 Å². The minimum absolute atomic E-state index is 0.0246. The maximum absolute atomic E-state index is 13.9. The van der Waals surface area contributed by atoms with Crippen LogP contribution < -0.4 is 0 Å². The first-order chi connectivity index (χ1) is 11.0. The lowest BCUT2D eigenvalue weighted by atomic mass is 9.81. The second kappa shape index (κ2) is 4.79. The van der Waals surface area contributed by atoms with Gasteiger partial charge in [-0.15, -0.1) is 0 Å². The Morgan fingerprint density at radius 1 is 0.739 bits per heavy atom. The molecule has 1 heteroatoms. The van der Waals surface area contributed by atoms with Crippen LogP contribution in [0, 0.1) is 12.7 Å². The van der Waals surface area contributed by atoms with E-state index < -0.39 is 0 Å². The minimum atomic E-state index is -0.148. The molecule has 0 saturated carbocycles. The Kier molecular flexibility index (Phi) is 2.96. The van der Waals surface area contributed by atoms with Crippen molar-refractivity contribution in [3.8, 4) is 22.3 Å². The smallest absolute Gasteiger partial charge is 0.126 e. The highest BCUT2D eigenvalue weighted by molar-refractivity contribution is 5.83. The maximum Gasteiger partial charge on any atom is 0.126 e. The van der Waals surface area contributed by atoms with Crippen molar-refractivity contribution in [2.75, 3.05) is 0 Å². The molecule has 3 aromatic rings. The fraction of sp³-hybridized carbons (Fsp3) is 0.182. The van der Waals surface area contributed by atoms with E-state index in [1.807, 2.05) is 13.0 Å². The quantitative estimate of drug-likeness (QED) is 0.509. The van der Waals surface area contributed by atoms with E-state index in [2.05, 4.69) is 56.3 Å². The summed E-state index contributed by atoms with van der Waals surface area (Å²) in [6.07, 6.45) is 0. The third-order valence-corrected chi connectivity index (χ3v) is 5.16. The summed E-state index contributed by atoms with van der Waals surface area (Å²) in [6.45, 7) is 6.37. The number of fused-ring (bicyclic) bond motifs is 3. The summed E-state index contributed by atoms with van der Waals surface area (Å²) in [5, 5.41) is 0. The topological polar surface area (TPSA) is 0 Å². The van der Waals surface area contributed by atoms with Gasteiger partial charge in [0.05, 0.1) is 0 Å². The molecule has 0 saturated heterocycles. The number of benzene rings is 3. The number of hydrogen-bond acceptors (Lipinski definition) is 0. The zero-order valence-electron chi connectivity index (χ0n) is 13.7. The first-order valence-corrected chi connectivity index (χ1v) is 8.00. The van der Waals surface area contributed by atoms with Crippen molar-refractivity contribution in [1.29, 1.82) is 0 Å². The number of hydrogen-bond donors (Lipinski definition) is 0. The van der Waals surface area contributed by atoms with Gasteiger partial charge in [0.1, 0.15) is 5.82 Å². The van der Waals surface area contributed by atoms with Crippen LogP contribution in [0.15, 0.2) is 60.7 Å². The van der Waals surface area contributed by atoms with Gasteiger partial charge in [-0.2, -0.15) is 0 Å². The average molecular weight is 302 g/mol. The van der Waals surface area contributed by atoms with Gasteiger partial charge >= 0.3 is 0 Å². The Hall–Kier alpha value is -2.41. The van der Waals surface area contributed by atoms with Crippen LogP contribution in [0.2, 0.25) is 0 Å². The van der Waals surface area contributed by atoms with Crippen molar-refractivity contribution < 1.29 is 4.39 Å². The average Bonchev–Trinajstić information content (AvgIpc) is 2.78. The van der Waals surface area contributed by atoms with Crippen molar-refractivity contribution in [1.82, 2.24) is 0 Å². The first kappa shape index (κ1) is 14.2. The monoisotopic (exact) mass is 302 g/mol. The molecule has 23 heavy (non-hydrogen) atoms. The van der Waals surface area contributed by atoms with Crippen LogP contribution in [0.3, 0.4) is 0 Å². The largest absolute Gasteiger partial charge is 0.207 e. The molecule has 4 rings (SSSR count). The standard InChI is InChI=1S/C22H19F/c1-14-16(8-6-10-21(14)23)15-11-12-18-17-7-4-5-9-19(17)22(2,3)20(18)13-15/h4-13H,1-3H3. The molecule has 0 N–H and O–H groups in total. The molecule has 0 fully saturated rings. The van der Waals surface area contributed by atoms with Gasteiger partial charge in [0.2, 0.25) is 0 Å². The normalized spacial score (nSPS) is 14.4. The van der Waals surface area contributed by atoms with Crippen LogP contribution in [0.1, 0.15) is 30.5 Å². The van der Waals surface area contributed by atoms with Gasteiger partial charge in [0.25, 0.3) is 0 Å². The van der Waals surface area contributed by atoms with E-state index in [1.54, 1.807) is 6.07 Å². The SMILES string of the molecule is Cc1c(F)cccc1-c1ccc2c(c1)C(C)(C)c1ccccc1-2. The predicted molar refractivity (Wildman–Crippen MR) is 94.1 cm³/mol. The molecular formula is C22H19F. The van der Waals surface area contributed by atoms with Gasteiger partial charge in [0.15, 0.2) is 0 Å². The molecule has 3 aromatic carbocycles. The van der Waals surface area contributed by atoms with Crippen molar-refractivity contribution >= 4 is 0 Å². The Morgan fingerprint density at radius 2 is 1.43 bits per heavy atom. The maximum atomic E-state index is 13.9. The molecule has 0 aliphatic heterocycles. The van der Waals surface area contributed by atoms with Crippen molar-refractivity contribution in [3.05, 3.63) is 83.2 Å². The molecule has 0 amide bonds. The van der Waals surface area contributed by atoms with E-state index in [4.69, 9.17) is 0 Å². The van der Waals surface area contributed by atoms with E-state index in [1.165, 1.54) is 28.3 Å². The Balaban J connectivity index is 1.94. The van der Waals surface area contributed by atoms with E-state index >= 15 is 0 Å². The van der Waals surface area contributed by atoms with Crippen LogP contribution in [-0.2, 0) is 5.41 Å². The molecule has 0 heterocycles. The van der Waals surface area contributed by atoms with Crippen molar-refractivity contribution in [2.24, 2.45) is 0 Å². The third kappa shape index (κ3) is 1.96. The van der Waals surface area contributed by atoms with Gasteiger partial charge in [-0.05, 0) is 58.0 Å². The molecule has 0 nitrogen and oxygen atoms in total. The second-order valence-corrected chi connectivity index (χ2v) is 6.84. The van der Waals surface area contributed by atoms with Crippen LogP contribution in [0.4, 0.5) is 4.39 Å². The molecule has 114 valence electrons. The molecular weight excluding hydrogens is 283 g/mol. The molecule has 0 radical (unpaired) electrons. The predicted octanol–water partition coefficient (Wildman–Crippen LogP) is 6.11. The fourth-order valence-electron chi connectivity index (χ4n) is 3.79. The van der Waals surface area contributed by atoms with Crippen molar-refractivity contribution in [3.63, 3.8) is 0 Å². The lowest BCUT2D eigenvalue weighted by Gasteiger charge is -2.22. The fourth-order valence-corrected chi connectivity index (χ4v) is 3.79. The summed E-state index contributed by atoms with van der Waals surface area (Å²) in [4.78, 5) is 0. The Morgan fingerprint density at radius 3 is 2.26 bits per heavy atom. The molecule has 0 spiro atoms. The van der Waals surface area contributed by atoms with Crippen LogP contribution in [-0.4, -0.2) is 0 Å². The van der Waals surface area contributed by atoms with Gasteiger partial charge < -0.3 is 0 Å². The Labute approximate surface area is 136 Å². The van der Waals surface area contributed by atoms with Crippen LogP contribution in [0.5, 0.6) is 0 Å². The lowest BCUT2D eigenvalue weighted by molar-refractivity contribution is 0.619. The van der Waals surface area contributed by atoms with E-state index in [9.17, 15) is 4.39 Å². The minimum Gasteiger partial charge on any atom is -0.207 e. The summed E-state index contributed by atoms with van der Waals surface area (Å²) in [5.41, 5.74) is 8.03. The third-order valence-electron chi connectivity index (χ3n) is 5.16. The molecule has 0 atom stereocenters. The summed E-state index contributed by atoms with van der Waals surface area (Å²) < 4.78 is 13.9. The van der Waals surface area contributed by atoms with E-state index in [-0.39, 0.29) is 11.2 Å². The molecule has 0 aromatic heterocycles. The highest BCUT2D eigenvalue weighted by Gasteiger charge is 2.35. The summed E-state index contributed by atoms with van der Waals surface area (Å²) in [5.74, 6) is -0.148. The summed E-state index contributed by atoms with van der Waals surface area (Å²) in [7, 11) is 0. The van der Waals surface area contributed by atoms with Crippen LogP contribution >= 0.6 is 0 Å². The zero-order chi connectivity index (χ0) is 16.2. The first-order valence-electron chi connectivity index (χ1n) is 8.00. The molecule has 1 aliphatic rings. The van der Waals surface area contributed by atoms with Crippen molar-refractivity contribution in [2.45, 2.75) is 26.2 Å². The second-order valence-electron chi connectivity index (χ2n) is 6.84. The Bertz CT molecular complexity index is 919. The highest BCUT2D eigenvalue weighted by Crippen LogP contribution is 2.49. The summed E-state index contributed by atoms with van der Waals surface area (Å²) in [6, 6.07) is 20.4. The van der Waals surface area contributed by atoms with Gasteiger partial charge in [-0.25, -0.2) is 4.39 Å². The number of halogens is 1.